The molecule has 0 bridgehead atoms. The highest BCUT2D eigenvalue weighted by molar-refractivity contribution is 7.13. The Morgan fingerprint density at radius 1 is 1.43 bits per heavy atom. The SMILES string of the molecule is CCCc1nc(C)sc1C(=O)NC(C#N)c1ccccc1. The molecule has 0 spiro atoms. The van der Waals surface area contributed by atoms with Crippen LogP contribution in [0.4, 0.5) is 0 Å². The van der Waals surface area contributed by atoms with Gasteiger partial charge in [-0.3, -0.25) is 4.79 Å². The van der Waals surface area contributed by atoms with E-state index in [1.807, 2.05) is 37.3 Å². The molecule has 1 amide bonds. The Morgan fingerprint density at radius 2 is 2.14 bits per heavy atom. The van der Waals surface area contributed by atoms with E-state index in [0.29, 0.717) is 4.88 Å². The number of nitriles is 1. The Balaban J connectivity index is 2.19. The molecule has 5 heteroatoms. The van der Waals surface area contributed by atoms with Gasteiger partial charge in [0.05, 0.1) is 16.8 Å². The highest BCUT2D eigenvalue weighted by atomic mass is 32.1. The number of amides is 1. The third-order valence-electron chi connectivity index (χ3n) is 3.03. The van der Waals surface area contributed by atoms with Gasteiger partial charge in [0.1, 0.15) is 10.9 Å². The van der Waals surface area contributed by atoms with Gasteiger partial charge in [0.2, 0.25) is 0 Å². The molecule has 0 fully saturated rings. The lowest BCUT2D eigenvalue weighted by atomic mass is 10.1. The van der Waals surface area contributed by atoms with Crippen LogP contribution in [0.1, 0.15) is 45.3 Å². The average Bonchev–Trinajstić information content (AvgIpc) is 2.87. The second-order valence-electron chi connectivity index (χ2n) is 4.70. The first-order valence-corrected chi connectivity index (χ1v) is 7.69. The van der Waals surface area contributed by atoms with Crippen molar-refractivity contribution in [1.82, 2.24) is 10.3 Å². The molecule has 108 valence electrons. The summed E-state index contributed by atoms with van der Waals surface area (Å²) in [6.45, 7) is 3.94. The summed E-state index contributed by atoms with van der Waals surface area (Å²) in [5.74, 6) is -0.223. The molecule has 1 aromatic carbocycles. The Morgan fingerprint density at radius 3 is 2.76 bits per heavy atom. The van der Waals surface area contributed by atoms with E-state index in [1.54, 1.807) is 0 Å². The monoisotopic (exact) mass is 299 g/mol. The molecule has 0 aliphatic carbocycles. The molecule has 0 saturated carbocycles. The van der Waals surface area contributed by atoms with Crippen LogP contribution < -0.4 is 5.32 Å². The number of aryl methyl sites for hydroxylation is 2. The van der Waals surface area contributed by atoms with E-state index in [0.717, 1.165) is 29.1 Å². The zero-order chi connectivity index (χ0) is 15.2. The summed E-state index contributed by atoms with van der Waals surface area (Å²) in [7, 11) is 0. The van der Waals surface area contributed by atoms with E-state index >= 15 is 0 Å². The molecule has 1 unspecified atom stereocenters. The topological polar surface area (TPSA) is 65.8 Å². The second-order valence-corrected chi connectivity index (χ2v) is 5.91. The van der Waals surface area contributed by atoms with E-state index in [4.69, 9.17) is 0 Å². The number of rotatable bonds is 5. The number of benzene rings is 1. The summed E-state index contributed by atoms with van der Waals surface area (Å²) in [4.78, 5) is 17.4. The lowest BCUT2D eigenvalue weighted by Gasteiger charge is -2.11. The minimum Gasteiger partial charge on any atom is -0.332 e. The zero-order valence-corrected chi connectivity index (χ0v) is 12.9. The summed E-state index contributed by atoms with van der Waals surface area (Å²) in [5, 5.41) is 12.9. The lowest BCUT2D eigenvalue weighted by Crippen LogP contribution is -2.27. The molecular formula is C16H17N3OS. The Bertz CT molecular complexity index is 658. The van der Waals surface area contributed by atoms with E-state index in [1.165, 1.54) is 11.3 Å². The van der Waals surface area contributed by atoms with Crippen molar-refractivity contribution >= 4 is 17.2 Å². The largest absolute Gasteiger partial charge is 0.332 e. The van der Waals surface area contributed by atoms with E-state index in [-0.39, 0.29) is 5.91 Å². The predicted molar refractivity (Wildman–Crippen MR) is 83.1 cm³/mol. The number of nitrogens with zero attached hydrogens (tertiary/aromatic N) is 2. The van der Waals surface area contributed by atoms with Gasteiger partial charge in [0.25, 0.3) is 5.91 Å². The summed E-state index contributed by atoms with van der Waals surface area (Å²) >= 11 is 1.38. The smallest absolute Gasteiger partial charge is 0.264 e. The lowest BCUT2D eigenvalue weighted by molar-refractivity contribution is 0.0948. The molecule has 1 atom stereocenters. The van der Waals surface area contributed by atoms with Gasteiger partial charge < -0.3 is 5.32 Å². The van der Waals surface area contributed by atoms with Crippen LogP contribution in [0.25, 0.3) is 0 Å². The fourth-order valence-corrected chi connectivity index (χ4v) is 2.95. The van der Waals surface area contributed by atoms with E-state index < -0.39 is 6.04 Å². The molecule has 2 aromatic rings. The zero-order valence-electron chi connectivity index (χ0n) is 12.1. The van der Waals surface area contributed by atoms with Crippen LogP contribution >= 0.6 is 11.3 Å². The Kier molecular flexibility index (Phi) is 5.07. The summed E-state index contributed by atoms with van der Waals surface area (Å²) in [6, 6.07) is 10.7. The highest BCUT2D eigenvalue weighted by Crippen LogP contribution is 2.21. The van der Waals surface area contributed by atoms with Gasteiger partial charge in [0, 0.05) is 0 Å². The minimum atomic E-state index is -0.643. The first kappa shape index (κ1) is 15.2. The molecule has 0 aliphatic rings. The molecule has 0 aliphatic heterocycles. The van der Waals surface area contributed by atoms with Crippen LogP contribution in [-0.4, -0.2) is 10.9 Å². The van der Waals surface area contributed by atoms with Gasteiger partial charge in [-0.1, -0.05) is 43.7 Å². The molecule has 0 saturated heterocycles. The van der Waals surface area contributed by atoms with Crippen LogP contribution in [0.2, 0.25) is 0 Å². The number of hydrogen-bond acceptors (Lipinski definition) is 4. The molecule has 2 rings (SSSR count). The van der Waals surface area contributed by atoms with Crippen LogP contribution in [0, 0.1) is 18.3 Å². The quantitative estimate of drug-likeness (QED) is 0.920. The van der Waals surface area contributed by atoms with Gasteiger partial charge in [-0.05, 0) is 18.9 Å². The van der Waals surface area contributed by atoms with Crippen molar-refractivity contribution in [1.29, 1.82) is 5.26 Å². The summed E-state index contributed by atoms with van der Waals surface area (Å²) < 4.78 is 0. The van der Waals surface area contributed by atoms with Crippen molar-refractivity contribution in [2.24, 2.45) is 0 Å². The second kappa shape index (κ2) is 7.00. The minimum absolute atomic E-state index is 0.223. The van der Waals surface area contributed by atoms with Crippen molar-refractivity contribution < 1.29 is 4.79 Å². The third-order valence-corrected chi connectivity index (χ3v) is 4.05. The number of carbonyl (C=O) groups is 1. The Labute approximate surface area is 128 Å². The molecule has 1 heterocycles. The fourth-order valence-electron chi connectivity index (χ4n) is 2.09. The predicted octanol–water partition coefficient (Wildman–Crippen LogP) is 3.40. The van der Waals surface area contributed by atoms with E-state index in [2.05, 4.69) is 23.3 Å². The van der Waals surface area contributed by atoms with Gasteiger partial charge >= 0.3 is 0 Å². The third kappa shape index (κ3) is 3.67. The maximum absolute atomic E-state index is 12.4. The molecule has 4 nitrogen and oxygen atoms in total. The van der Waals surface area contributed by atoms with Crippen LogP contribution in [0.15, 0.2) is 30.3 Å². The highest BCUT2D eigenvalue weighted by Gasteiger charge is 2.20. The molecule has 1 N–H and O–H groups in total. The van der Waals surface area contributed by atoms with Crippen molar-refractivity contribution in [3.63, 3.8) is 0 Å². The molecule has 21 heavy (non-hydrogen) atoms. The van der Waals surface area contributed by atoms with E-state index in [9.17, 15) is 10.1 Å². The number of hydrogen-bond donors (Lipinski definition) is 1. The molecular weight excluding hydrogens is 282 g/mol. The maximum Gasteiger partial charge on any atom is 0.264 e. The van der Waals surface area contributed by atoms with Gasteiger partial charge in [-0.2, -0.15) is 5.26 Å². The molecule has 1 aromatic heterocycles. The standard InChI is InChI=1S/C16H17N3OS/c1-3-7-13-15(21-11(2)18-13)16(20)19-14(10-17)12-8-5-4-6-9-12/h4-6,8-9,14H,3,7H2,1-2H3,(H,19,20). The first-order valence-electron chi connectivity index (χ1n) is 6.87. The van der Waals surface area contributed by atoms with Crippen molar-refractivity contribution in [3.8, 4) is 6.07 Å². The number of aromatic nitrogens is 1. The number of carbonyl (C=O) groups excluding carboxylic acids is 1. The number of thiazole rings is 1. The Hall–Kier alpha value is -2.19. The summed E-state index contributed by atoms with van der Waals surface area (Å²) in [6.07, 6.45) is 1.71. The van der Waals surface area contributed by atoms with Crippen LogP contribution in [0.5, 0.6) is 0 Å². The summed E-state index contributed by atoms with van der Waals surface area (Å²) in [5.41, 5.74) is 1.61. The maximum atomic E-state index is 12.4. The number of nitrogens with one attached hydrogen (secondary N) is 1. The van der Waals surface area contributed by atoms with Crippen molar-refractivity contribution in [2.45, 2.75) is 32.7 Å². The van der Waals surface area contributed by atoms with Gasteiger partial charge in [0.15, 0.2) is 0 Å². The fraction of sp³-hybridized carbons (Fsp3) is 0.312. The van der Waals surface area contributed by atoms with Gasteiger partial charge in [-0.15, -0.1) is 11.3 Å². The average molecular weight is 299 g/mol. The van der Waals surface area contributed by atoms with Crippen LogP contribution in [-0.2, 0) is 6.42 Å². The van der Waals surface area contributed by atoms with Crippen LogP contribution in [0.3, 0.4) is 0 Å². The normalized spacial score (nSPS) is 11.7. The molecule has 0 radical (unpaired) electrons. The first-order chi connectivity index (χ1) is 10.2. The van der Waals surface area contributed by atoms with Crippen molar-refractivity contribution in [2.75, 3.05) is 0 Å². The van der Waals surface area contributed by atoms with Crippen molar-refractivity contribution in [3.05, 3.63) is 51.5 Å². The van der Waals surface area contributed by atoms with Gasteiger partial charge in [-0.25, -0.2) is 4.98 Å².